The molecule has 1 saturated heterocycles. The summed E-state index contributed by atoms with van der Waals surface area (Å²) in [7, 11) is -3.76. The smallest absolute Gasteiger partial charge is 0.337 e. The van der Waals surface area contributed by atoms with Gasteiger partial charge in [0.05, 0.1) is 11.3 Å². The van der Waals surface area contributed by atoms with Crippen molar-refractivity contribution >= 4 is 33.5 Å². The van der Waals surface area contributed by atoms with Crippen molar-refractivity contribution < 1.29 is 18.3 Å². The number of carbonyl (C=O) groups is 1. The van der Waals surface area contributed by atoms with Gasteiger partial charge in [-0.3, -0.25) is 4.72 Å². The van der Waals surface area contributed by atoms with Crippen LogP contribution < -0.4 is 4.72 Å². The van der Waals surface area contributed by atoms with Gasteiger partial charge in [0.25, 0.3) is 0 Å². The predicted molar refractivity (Wildman–Crippen MR) is 80.9 cm³/mol. The van der Waals surface area contributed by atoms with Crippen molar-refractivity contribution in [1.82, 2.24) is 4.31 Å². The zero-order chi connectivity index (χ0) is 15.6. The van der Waals surface area contributed by atoms with Gasteiger partial charge in [-0.2, -0.15) is 12.7 Å². The lowest BCUT2D eigenvalue weighted by Crippen LogP contribution is -2.42. The Kier molecular flexibility index (Phi) is 4.75. The van der Waals surface area contributed by atoms with E-state index in [0.29, 0.717) is 19.0 Å². The van der Waals surface area contributed by atoms with E-state index in [1.54, 1.807) is 0 Å². The van der Waals surface area contributed by atoms with Gasteiger partial charge >= 0.3 is 16.2 Å². The van der Waals surface area contributed by atoms with E-state index in [2.05, 4.69) is 4.72 Å². The molecule has 1 aliphatic heterocycles. The van der Waals surface area contributed by atoms with E-state index >= 15 is 0 Å². The molecular formula is C13H17ClN2O4S. The van der Waals surface area contributed by atoms with Gasteiger partial charge in [-0.25, -0.2) is 4.79 Å². The van der Waals surface area contributed by atoms with Gasteiger partial charge in [0.15, 0.2) is 0 Å². The molecule has 21 heavy (non-hydrogen) atoms. The summed E-state index contributed by atoms with van der Waals surface area (Å²) < 4.78 is 28.4. The highest BCUT2D eigenvalue weighted by Crippen LogP contribution is 2.24. The second-order valence-electron chi connectivity index (χ2n) is 5.21. The van der Waals surface area contributed by atoms with Crippen LogP contribution in [0.5, 0.6) is 0 Å². The summed E-state index contributed by atoms with van der Waals surface area (Å²) in [5.41, 5.74) is -0.152. The molecule has 0 amide bonds. The molecule has 6 nitrogen and oxygen atoms in total. The number of rotatable bonds is 4. The Hall–Kier alpha value is -1.31. The monoisotopic (exact) mass is 332 g/mol. The molecule has 1 atom stereocenters. The minimum atomic E-state index is -3.76. The van der Waals surface area contributed by atoms with Crippen LogP contribution in [0, 0.1) is 5.92 Å². The van der Waals surface area contributed by atoms with Crippen molar-refractivity contribution in [1.29, 1.82) is 0 Å². The lowest BCUT2D eigenvalue weighted by Gasteiger charge is -2.30. The van der Waals surface area contributed by atoms with E-state index in [9.17, 15) is 13.2 Å². The Morgan fingerprint density at radius 2 is 2.19 bits per heavy atom. The molecule has 1 unspecified atom stereocenters. The van der Waals surface area contributed by atoms with E-state index in [1.165, 1.54) is 22.5 Å². The highest BCUT2D eigenvalue weighted by molar-refractivity contribution is 7.90. The van der Waals surface area contributed by atoms with E-state index in [-0.39, 0.29) is 16.3 Å². The van der Waals surface area contributed by atoms with Gasteiger partial charge in [-0.1, -0.05) is 18.5 Å². The Labute approximate surface area is 128 Å². The number of nitrogens with zero attached hydrogens (tertiary/aromatic N) is 1. The number of nitrogens with one attached hydrogen (secondary N) is 1. The molecule has 0 aromatic heterocycles. The van der Waals surface area contributed by atoms with Crippen LogP contribution in [-0.2, 0) is 10.2 Å². The number of hydrogen-bond acceptors (Lipinski definition) is 3. The zero-order valence-corrected chi connectivity index (χ0v) is 13.1. The van der Waals surface area contributed by atoms with E-state index < -0.39 is 16.2 Å². The number of carboxylic acid groups (broad SMARTS) is 1. The molecular weight excluding hydrogens is 316 g/mol. The normalized spacial score (nSPS) is 20.2. The van der Waals surface area contributed by atoms with Crippen molar-refractivity contribution in [2.75, 3.05) is 17.8 Å². The van der Waals surface area contributed by atoms with Crippen LogP contribution in [0.2, 0.25) is 5.02 Å². The molecule has 0 saturated carbocycles. The highest BCUT2D eigenvalue weighted by atomic mass is 35.5. The first-order valence-electron chi connectivity index (χ1n) is 6.60. The lowest BCUT2D eigenvalue weighted by atomic mass is 10.0. The molecule has 1 heterocycles. The van der Waals surface area contributed by atoms with Crippen molar-refractivity contribution in [3.63, 3.8) is 0 Å². The molecule has 116 valence electrons. The van der Waals surface area contributed by atoms with Crippen LogP contribution in [0.25, 0.3) is 0 Å². The van der Waals surface area contributed by atoms with Crippen molar-refractivity contribution in [3.8, 4) is 0 Å². The summed E-state index contributed by atoms with van der Waals surface area (Å²) in [6.07, 6.45) is 1.79. The zero-order valence-electron chi connectivity index (χ0n) is 11.5. The summed E-state index contributed by atoms with van der Waals surface area (Å²) in [4.78, 5) is 11.2. The Morgan fingerprint density at radius 3 is 2.81 bits per heavy atom. The van der Waals surface area contributed by atoms with Crippen LogP contribution in [0.3, 0.4) is 0 Å². The summed E-state index contributed by atoms with van der Waals surface area (Å²) in [6, 6.07) is 4.03. The third-order valence-electron chi connectivity index (χ3n) is 3.41. The van der Waals surface area contributed by atoms with Crippen LogP contribution in [0.15, 0.2) is 18.2 Å². The molecule has 0 radical (unpaired) electrons. The molecule has 0 spiro atoms. The first-order chi connectivity index (χ1) is 9.79. The van der Waals surface area contributed by atoms with Crippen LogP contribution >= 0.6 is 11.6 Å². The third-order valence-corrected chi connectivity index (χ3v) is 5.14. The maximum atomic E-state index is 12.3. The fourth-order valence-corrected chi connectivity index (χ4v) is 3.93. The standard InChI is InChI=1S/C13H17ClN2O4S/c1-9-3-2-6-16(8-9)21(19,20)15-12-5-4-10(14)7-11(12)13(17)18/h4-5,7,9,15H,2-3,6,8H2,1H3,(H,17,18). The second kappa shape index (κ2) is 6.21. The van der Waals surface area contributed by atoms with E-state index in [0.717, 1.165) is 12.8 Å². The maximum absolute atomic E-state index is 12.3. The predicted octanol–water partition coefficient (Wildman–Crippen LogP) is 2.43. The summed E-state index contributed by atoms with van der Waals surface area (Å²) in [5, 5.41) is 9.37. The van der Waals surface area contributed by atoms with Gasteiger partial charge in [-0.15, -0.1) is 0 Å². The molecule has 2 N–H and O–H groups in total. The Morgan fingerprint density at radius 1 is 1.48 bits per heavy atom. The number of benzene rings is 1. The largest absolute Gasteiger partial charge is 0.478 e. The van der Waals surface area contributed by atoms with E-state index in [1.807, 2.05) is 6.92 Å². The number of aromatic carboxylic acids is 1. The summed E-state index contributed by atoms with van der Waals surface area (Å²) in [6.45, 7) is 2.87. The fourth-order valence-electron chi connectivity index (χ4n) is 2.35. The first kappa shape index (κ1) is 16.1. The minimum absolute atomic E-state index is 0.0186. The van der Waals surface area contributed by atoms with Crippen LogP contribution in [0.1, 0.15) is 30.1 Å². The fraction of sp³-hybridized carbons (Fsp3) is 0.462. The first-order valence-corrected chi connectivity index (χ1v) is 8.42. The van der Waals surface area contributed by atoms with Gasteiger partial charge in [0.1, 0.15) is 0 Å². The molecule has 1 fully saturated rings. The highest BCUT2D eigenvalue weighted by Gasteiger charge is 2.28. The number of carboxylic acids is 1. The number of piperidine rings is 1. The molecule has 1 aromatic carbocycles. The minimum Gasteiger partial charge on any atom is -0.478 e. The SMILES string of the molecule is CC1CCCN(S(=O)(=O)Nc2ccc(Cl)cc2C(=O)O)C1. The number of hydrogen-bond donors (Lipinski definition) is 2. The molecule has 2 rings (SSSR count). The third kappa shape index (κ3) is 3.87. The average molecular weight is 333 g/mol. The maximum Gasteiger partial charge on any atom is 0.337 e. The molecule has 0 bridgehead atoms. The number of halogens is 1. The Bertz CT molecular complexity index is 648. The molecule has 0 aliphatic carbocycles. The topological polar surface area (TPSA) is 86.7 Å². The summed E-state index contributed by atoms with van der Waals surface area (Å²) in [5.74, 6) is -0.943. The van der Waals surface area contributed by atoms with Crippen molar-refractivity contribution in [2.45, 2.75) is 19.8 Å². The van der Waals surface area contributed by atoms with Gasteiger partial charge in [0.2, 0.25) is 0 Å². The van der Waals surface area contributed by atoms with Gasteiger partial charge < -0.3 is 5.11 Å². The quantitative estimate of drug-likeness (QED) is 0.886. The van der Waals surface area contributed by atoms with Gasteiger partial charge in [0, 0.05) is 18.1 Å². The average Bonchev–Trinajstić information content (AvgIpc) is 2.40. The lowest BCUT2D eigenvalue weighted by molar-refractivity contribution is 0.0698. The van der Waals surface area contributed by atoms with Gasteiger partial charge in [-0.05, 0) is 37.0 Å². The second-order valence-corrected chi connectivity index (χ2v) is 7.31. The molecule has 1 aliphatic rings. The van der Waals surface area contributed by atoms with E-state index in [4.69, 9.17) is 16.7 Å². The number of anilines is 1. The summed E-state index contributed by atoms with van der Waals surface area (Å²) >= 11 is 5.75. The van der Waals surface area contributed by atoms with Crippen molar-refractivity contribution in [2.24, 2.45) is 5.92 Å². The Balaban J connectivity index is 2.26. The molecule has 8 heteroatoms. The van der Waals surface area contributed by atoms with Crippen LogP contribution in [0.4, 0.5) is 5.69 Å². The van der Waals surface area contributed by atoms with Crippen LogP contribution in [-0.4, -0.2) is 36.9 Å². The molecule has 1 aromatic rings. The van der Waals surface area contributed by atoms with Crippen molar-refractivity contribution in [3.05, 3.63) is 28.8 Å².